The van der Waals surface area contributed by atoms with Crippen molar-refractivity contribution in [3.8, 4) is 0 Å². The summed E-state index contributed by atoms with van der Waals surface area (Å²) >= 11 is 11.6. The monoisotopic (exact) mass is 409 g/mol. The third-order valence-electron chi connectivity index (χ3n) is 1.87. The van der Waals surface area contributed by atoms with E-state index in [4.69, 9.17) is 11.6 Å². The van der Waals surface area contributed by atoms with Crippen molar-refractivity contribution in [3.63, 3.8) is 0 Å². The van der Waals surface area contributed by atoms with Gasteiger partial charge in [0.1, 0.15) is 12.1 Å². The average Bonchev–Trinajstić information content (AvgIpc) is 2.28. The highest BCUT2D eigenvalue weighted by molar-refractivity contribution is 14.1. The third kappa shape index (κ3) is 2.64. The standard InChI is InChI=1S/C10H6BrClIN3/c11-9-6(12)2-1-3-8(9)16-10-7(13)4-14-5-15-10/h1-5H,(H,14,15,16). The minimum absolute atomic E-state index is 0.661. The van der Waals surface area contributed by atoms with E-state index in [9.17, 15) is 0 Å². The lowest BCUT2D eigenvalue weighted by Gasteiger charge is -2.09. The Hall–Kier alpha value is -0.400. The number of benzene rings is 1. The molecule has 82 valence electrons. The van der Waals surface area contributed by atoms with E-state index < -0.39 is 0 Å². The summed E-state index contributed by atoms with van der Waals surface area (Å²) in [4.78, 5) is 8.08. The molecule has 0 bridgehead atoms. The van der Waals surface area contributed by atoms with Crippen LogP contribution in [0, 0.1) is 3.57 Å². The van der Waals surface area contributed by atoms with E-state index in [2.05, 4.69) is 53.8 Å². The molecule has 0 spiro atoms. The van der Waals surface area contributed by atoms with E-state index >= 15 is 0 Å². The molecule has 0 unspecified atom stereocenters. The SMILES string of the molecule is Clc1cccc(Nc2ncncc2I)c1Br. The second kappa shape index (κ2) is 5.29. The Labute approximate surface area is 120 Å². The summed E-state index contributed by atoms with van der Waals surface area (Å²) in [5.74, 6) is 0.763. The molecule has 16 heavy (non-hydrogen) atoms. The number of halogens is 3. The maximum absolute atomic E-state index is 6.00. The predicted molar refractivity (Wildman–Crippen MR) is 77.2 cm³/mol. The smallest absolute Gasteiger partial charge is 0.147 e. The first-order chi connectivity index (χ1) is 7.68. The zero-order chi connectivity index (χ0) is 11.5. The molecule has 0 radical (unpaired) electrons. The van der Waals surface area contributed by atoms with Gasteiger partial charge in [-0.25, -0.2) is 9.97 Å². The fourth-order valence-electron chi connectivity index (χ4n) is 1.13. The topological polar surface area (TPSA) is 37.8 Å². The van der Waals surface area contributed by atoms with Crippen LogP contribution >= 0.6 is 50.1 Å². The number of nitrogens with one attached hydrogen (secondary N) is 1. The fraction of sp³-hybridized carbons (Fsp3) is 0. The molecule has 1 aromatic heterocycles. The average molecular weight is 410 g/mol. The molecule has 0 saturated carbocycles. The molecule has 1 heterocycles. The molecular formula is C10H6BrClIN3. The van der Waals surface area contributed by atoms with Crippen LogP contribution in [-0.4, -0.2) is 9.97 Å². The van der Waals surface area contributed by atoms with Gasteiger partial charge in [0, 0.05) is 6.20 Å². The predicted octanol–water partition coefficient (Wildman–Crippen LogP) is 4.24. The van der Waals surface area contributed by atoms with E-state index in [0.29, 0.717) is 5.02 Å². The van der Waals surface area contributed by atoms with E-state index in [1.165, 1.54) is 6.33 Å². The van der Waals surface area contributed by atoms with Gasteiger partial charge in [0.2, 0.25) is 0 Å². The van der Waals surface area contributed by atoms with Crippen molar-refractivity contribution in [1.29, 1.82) is 0 Å². The Morgan fingerprint density at radius 1 is 1.38 bits per heavy atom. The van der Waals surface area contributed by atoms with Gasteiger partial charge in [-0.1, -0.05) is 17.7 Å². The van der Waals surface area contributed by atoms with Crippen LogP contribution in [0.4, 0.5) is 11.5 Å². The van der Waals surface area contributed by atoms with Crippen molar-refractivity contribution in [2.75, 3.05) is 5.32 Å². The normalized spacial score (nSPS) is 10.2. The van der Waals surface area contributed by atoms with E-state index in [0.717, 1.165) is 19.5 Å². The van der Waals surface area contributed by atoms with Crippen LogP contribution in [0.15, 0.2) is 35.2 Å². The van der Waals surface area contributed by atoms with Crippen molar-refractivity contribution in [2.45, 2.75) is 0 Å². The van der Waals surface area contributed by atoms with Crippen molar-refractivity contribution in [2.24, 2.45) is 0 Å². The van der Waals surface area contributed by atoms with Gasteiger partial charge < -0.3 is 5.32 Å². The van der Waals surface area contributed by atoms with Gasteiger partial charge in [0.25, 0.3) is 0 Å². The molecule has 0 fully saturated rings. The highest BCUT2D eigenvalue weighted by Gasteiger charge is 2.06. The quantitative estimate of drug-likeness (QED) is 0.753. The minimum Gasteiger partial charge on any atom is -0.338 e. The van der Waals surface area contributed by atoms with Crippen LogP contribution in [0.25, 0.3) is 0 Å². The largest absolute Gasteiger partial charge is 0.338 e. The number of nitrogens with zero attached hydrogens (tertiary/aromatic N) is 2. The molecule has 0 aliphatic rings. The Morgan fingerprint density at radius 3 is 2.94 bits per heavy atom. The molecule has 0 amide bonds. The van der Waals surface area contributed by atoms with Crippen LogP contribution in [-0.2, 0) is 0 Å². The maximum atomic E-state index is 6.00. The van der Waals surface area contributed by atoms with Crippen molar-refractivity contribution < 1.29 is 0 Å². The van der Waals surface area contributed by atoms with Gasteiger partial charge in [-0.2, -0.15) is 0 Å². The Morgan fingerprint density at radius 2 is 2.19 bits per heavy atom. The first-order valence-electron chi connectivity index (χ1n) is 4.35. The zero-order valence-electron chi connectivity index (χ0n) is 7.92. The number of hydrogen-bond acceptors (Lipinski definition) is 3. The van der Waals surface area contributed by atoms with Crippen LogP contribution in [0.1, 0.15) is 0 Å². The molecule has 1 N–H and O–H groups in total. The van der Waals surface area contributed by atoms with Gasteiger partial charge in [-0.05, 0) is 50.7 Å². The Balaban J connectivity index is 2.35. The van der Waals surface area contributed by atoms with Gasteiger partial charge >= 0.3 is 0 Å². The van der Waals surface area contributed by atoms with Gasteiger partial charge in [-0.15, -0.1) is 0 Å². The molecule has 2 rings (SSSR count). The number of hydrogen-bond donors (Lipinski definition) is 1. The third-order valence-corrected chi connectivity index (χ3v) is 4.06. The molecule has 6 heteroatoms. The summed E-state index contributed by atoms with van der Waals surface area (Å²) < 4.78 is 1.78. The summed E-state index contributed by atoms with van der Waals surface area (Å²) in [7, 11) is 0. The molecule has 2 aromatic rings. The summed E-state index contributed by atoms with van der Waals surface area (Å²) in [6.45, 7) is 0. The maximum Gasteiger partial charge on any atom is 0.147 e. The molecule has 0 atom stereocenters. The van der Waals surface area contributed by atoms with Crippen molar-refractivity contribution in [3.05, 3.63) is 43.8 Å². The van der Waals surface area contributed by atoms with Crippen molar-refractivity contribution in [1.82, 2.24) is 9.97 Å². The first-order valence-corrected chi connectivity index (χ1v) is 6.60. The van der Waals surface area contributed by atoms with Crippen LogP contribution in [0.3, 0.4) is 0 Å². The summed E-state index contributed by atoms with van der Waals surface area (Å²) in [6.07, 6.45) is 3.25. The van der Waals surface area contributed by atoms with Crippen LogP contribution < -0.4 is 5.32 Å². The summed E-state index contributed by atoms with van der Waals surface area (Å²) in [6, 6.07) is 5.62. The van der Waals surface area contributed by atoms with Gasteiger partial charge in [0.15, 0.2) is 0 Å². The second-order valence-electron chi connectivity index (χ2n) is 2.95. The number of aromatic nitrogens is 2. The molecule has 0 aliphatic heterocycles. The molecule has 0 saturated heterocycles. The Bertz CT molecular complexity index is 521. The van der Waals surface area contributed by atoms with E-state index in [1.807, 2.05) is 18.2 Å². The second-order valence-corrected chi connectivity index (χ2v) is 5.31. The molecule has 1 aromatic carbocycles. The van der Waals surface area contributed by atoms with Gasteiger partial charge in [0.05, 0.1) is 18.8 Å². The highest BCUT2D eigenvalue weighted by Crippen LogP contribution is 2.32. The zero-order valence-corrected chi connectivity index (χ0v) is 12.4. The van der Waals surface area contributed by atoms with Crippen LogP contribution in [0.2, 0.25) is 5.02 Å². The molecular weight excluding hydrogens is 404 g/mol. The van der Waals surface area contributed by atoms with E-state index in [1.54, 1.807) is 6.20 Å². The number of anilines is 2. The summed E-state index contributed by atoms with van der Waals surface area (Å²) in [5, 5.41) is 3.85. The van der Waals surface area contributed by atoms with Crippen LogP contribution in [0.5, 0.6) is 0 Å². The highest BCUT2D eigenvalue weighted by atomic mass is 127. The lowest BCUT2D eigenvalue weighted by atomic mass is 10.3. The lowest BCUT2D eigenvalue weighted by Crippen LogP contribution is -1.97. The Kier molecular flexibility index (Phi) is 3.99. The molecule has 0 aliphatic carbocycles. The summed E-state index contributed by atoms with van der Waals surface area (Å²) in [5.41, 5.74) is 0.879. The first kappa shape index (κ1) is 12.1. The van der Waals surface area contributed by atoms with Crippen molar-refractivity contribution >= 4 is 61.6 Å². The fourth-order valence-corrected chi connectivity index (χ4v) is 2.11. The molecule has 3 nitrogen and oxygen atoms in total. The number of rotatable bonds is 2. The van der Waals surface area contributed by atoms with Gasteiger partial charge in [-0.3, -0.25) is 0 Å². The minimum atomic E-state index is 0.661. The van der Waals surface area contributed by atoms with E-state index in [-0.39, 0.29) is 0 Å². The lowest BCUT2D eigenvalue weighted by molar-refractivity contribution is 1.15.